The number of carbonyl (C=O) groups excluding carboxylic acids is 1. The van der Waals surface area contributed by atoms with E-state index in [1.54, 1.807) is 24.3 Å². The van der Waals surface area contributed by atoms with Gasteiger partial charge in [-0.05, 0) is 24.3 Å². The molecule has 1 aromatic heterocycles. The van der Waals surface area contributed by atoms with Gasteiger partial charge < -0.3 is 15.8 Å². The standard InChI is InChI=1S/C12H15N5O2/c13-9-1-3-10(4-2-9)19-6-5-12(18)14-7-11-15-8-16-17-11/h1-4,8H,5-7,13H2,(H,14,18)(H,15,16,17). The molecule has 0 aliphatic carbocycles. The van der Waals surface area contributed by atoms with Crippen LogP contribution in [0.3, 0.4) is 0 Å². The lowest BCUT2D eigenvalue weighted by Crippen LogP contribution is -2.24. The number of ether oxygens (including phenoxy) is 1. The van der Waals surface area contributed by atoms with Crippen LogP contribution >= 0.6 is 0 Å². The third kappa shape index (κ3) is 4.30. The summed E-state index contributed by atoms with van der Waals surface area (Å²) in [6, 6.07) is 7.03. The van der Waals surface area contributed by atoms with Gasteiger partial charge in [0.1, 0.15) is 17.9 Å². The molecular formula is C12H15N5O2. The number of aromatic nitrogens is 3. The molecule has 2 aromatic rings. The average molecular weight is 261 g/mol. The van der Waals surface area contributed by atoms with Crippen molar-refractivity contribution in [2.45, 2.75) is 13.0 Å². The summed E-state index contributed by atoms with van der Waals surface area (Å²) in [5.41, 5.74) is 6.23. The summed E-state index contributed by atoms with van der Waals surface area (Å²) < 4.78 is 5.42. The molecule has 0 bridgehead atoms. The zero-order valence-electron chi connectivity index (χ0n) is 10.3. The monoisotopic (exact) mass is 261 g/mol. The number of nitrogens with two attached hydrogens (primary N) is 1. The molecule has 0 spiro atoms. The normalized spacial score (nSPS) is 10.1. The van der Waals surface area contributed by atoms with Gasteiger partial charge in [0, 0.05) is 5.69 Å². The van der Waals surface area contributed by atoms with Crippen molar-refractivity contribution in [1.82, 2.24) is 20.5 Å². The van der Waals surface area contributed by atoms with Crippen LogP contribution in [-0.2, 0) is 11.3 Å². The number of nitrogen functional groups attached to an aromatic ring is 1. The average Bonchev–Trinajstić information content (AvgIpc) is 2.92. The number of H-pyrrole nitrogens is 1. The van der Waals surface area contributed by atoms with Crippen molar-refractivity contribution in [3.8, 4) is 5.75 Å². The van der Waals surface area contributed by atoms with Gasteiger partial charge in [-0.25, -0.2) is 4.98 Å². The van der Waals surface area contributed by atoms with Crippen molar-refractivity contribution in [2.75, 3.05) is 12.3 Å². The Morgan fingerprint density at radius 3 is 2.84 bits per heavy atom. The Balaban J connectivity index is 1.65. The van der Waals surface area contributed by atoms with Crippen molar-refractivity contribution in [3.63, 3.8) is 0 Å². The van der Waals surface area contributed by atoms with Crippen LogP contribution in [0.2, 0.25) is 0 Å². The number of benzene rings is 1. The molecule has 2 rings (SSSR count). The molecule has 7 heteroatoms. The van der Waals surface area contributed by atoms with Gasteiger partial charge in [0.15, 0.2) is 0 Å². The molecular weight excluding hydrogens is 246 g/mol. The van der Waals surface area contributed by atoms with Gasteiger partial charge in [-0.1, -0.05) is 0 Å². The van der Waals surface area contributed by atoms with Crippen LogP contribution in [0.4, 0.5) is 5.69 Å². The maximum Gasteiger partial charge on any atom is 0.223 e. The van der Waals surface area contributed by atoms with Crippen LogP contribution in [0.25, 0.3) is 0 Å². The quantitative estimate of drug-likeness (QED) is 0.655. The van der Waals surface area contributed by atoms with Gasteiger partial charge in [0.25, 0.3) is 0 Å². The molecule has 0 saturated heterocycles. The topological polar surface area (TPSA) is 106 Å². The number of amides is 1. The van der Waals surface area contributed by atoms with Crippen LogP contribution < -0.4 is 15.8 Å². The number of hydrogen-bond acceptors (Lipinski definition) is 5. The Kier molecular flexibility index (Phi) is 4.33. The molecule has 1 aromatic carbocycles. The second-order valence-electron chi connectivity index (χ2n) is 3.88. The van der Waals surface area contributed by atoms with Gasteiger partial charge in [-0.3, -0.25) is 9.89 Å². The summed E-state index contributed by atoms with van der Waals surface area (Å²) in [4.78, 5) is 15.4. The molecule has 0 aliphatic heterocycles. The van der Waals surface area contributed by atoms with E-state index >= 15 is 0 Å². The maximum absolute atomic E-state index is 11.5. The summed E-state index contributed by atoms with van der Waals surface area (Å²) in [5.74, 6) is 1.21. The van der Waals surface area contributed by atoms with Crippen molar-refractivity contribution < 1.29 is 9.53 Å². The van der Waals surface area contributed by atoms with Crippen LogP contribution in [0, 0.1) is 0 Å². The summed E-state index contributed by atoms with van der Waals surface area (Å²) in [6.07, 6.45) is 1.67. The number of rotatable bonds is 6. The van der Waals surface area contributed by atoms with Crippen LogP contribution in [-0.4, -0.2) is 27.7 Å². The second-order valence-corrected chi connectivity index (χ2v) is 3.88. The first-order chi connectivity index (χ1) is 9.24. The van der Waals surface area contributed by atoms with E-state index < -0.39 is 0 Å². The van der Waals surface area contributed by atoms with Gasteiger partial charge in [-0.15, -0.1) is 0 Å². The molecule has 0 unspecified atom stereocenters. The minimum absolute atomic E-state index is 0.105. The van der Waals surface area contributed by atoms with E-state index in [2.05, 4.69) is 20.5 Å². The number of nitrogens with one attached hydrogen (secondary N) is 2. The van der Waals surface area contributed by atoms with Crippen molar-refractivity contribution in [3.05, 3.63) is 36.4 Å². The highest BCUT2D eigenvalue weighted by Crippen LogP contribution is 2.12. The van der Waals surface area contributed by atoms with E-state index in [1.165, 1.54) is 6.33 Å². The lowest BCUT2D eigenvalue weighted by Gasteiger charge is -2.06. The zero-order valence-corrected chi connectivity index (χ0v) is 10.3. The lowest BCUT2D eigenvalue weighted by molar-refractivity contribution is -0.121. The summed E-state index contributed by atoms with van der Waals surface area (Å²) in [7, 11) is 0. The largest absolute Gasteiger partial charge is 0.493 e. The Morgan fingerprint density at radius 2 is 2.16 bits per heavy atom. The Bertz CT molecular complexity index is 509. The van der Waals surface area contributed by atoms with Crippen molar-refractivity contribution in [2.24, 2.45) is 0 Å². The molecule has 1 amide bonds. The Labute approximate surface area is 110 Å². The highest BCUT2D eigenvalue weighted by atomic mass is 16.5. The molecule has 0 saturated carbocycles. The van der Waals surface area contributed by atoms with Crippen LogP contribution in [0.15, 0.2) is 30.6 Å². The highest BCUT2D eigenvalue weighted by molar-refractivity contribution is 5.75. The fourth-order valence-electron chi connectivity index (χ4n) is 1.41. The minimum atomic E-state index is -0.105. The first-order valence-corrected chi connectivity index (χ1v) is 5.83. The second kappa shape index (κ2) is 6.39. The first-order valence-electron chi connectivity index (χ1n) is 5.83. The molecule has 4 N–H and O–H groups in total. The molecule has 19 heavy (non-hydrogen) atoms. The fraction of sp³-hybridized carbons (Fsp3) is 0.250. The van der Waals surface area contributed by atoms with E-state index in [4.69, 9.17) is 10.5 Å². The van der Waals surface area contributed by atoms with Crippen LogP contribution in [0.5, 0.6) is 5.75 Å². The van der Waals surface area contributed by atoms with Gasteiger partial charge in [-0.2, -0.15) is 5.10 Å². The molecule has 1 heterocycles. The van der Waals surface area contributed by atoms with Gasteiger partial charge in [0.05, 0.1) is 19.6 Å². The Morgan fingerprint density at radius 1 is 1.37 bits per heavy atom. The minimum Gasteiger partial charge on any atom is -0.493 e. The first kappa shape index (κ1) is 12.9. The molecule has 0 aliphatic rings. The van der Waals surface area contributed by atoms with E-state index in [9.17, 15) is 4.79 Å². The summed E-state index contributed by atoms with van der Waals surface area (Å²) in [6.45, 7) is 0.646. The van der Waals surface area contributed by atoms with E-state index in [0.717, 1.165) is 0 Å². The number of carbonyl (C=O) groups is 1. The van der Waals surface area contributed by atoms with Gasteiger partial charge in [0.2, 0.25) is 5.91 Å². The molecule has 0 radical (unpaired) electrons. The number of hydrogen-bond donors (Lipinski definition) is 3. The van der Waals surface area contributed by atoms with Crippen molar-refractivity contribution >= 4 is 11.6 Å². The molecule has 100 valence electrons. The van der Waals surface area contributed by atoms with E-state index in [-0.39, 0.29) is 12.3 Å². The summed E-state index contributed by atoms with van der Waals surface area (Å²) >= 11 is 0. The SMILES string of the molecule is Nc1ccc(OCCC(=O)NCc2ncn[nH]2)cc1. The molecule has 0 atom stereocenters. The third-order valence-corrected chi connectivity index (χ3v) is 2.40. The predicted molar refractivity (Wildman–Crippen MR) is 69.2 cm³/mol. The smallest absolute Gasteiger partial charge is 0.223 e. The van der Waals surface area contributed by atoms with Gasteiger partial charge >= 0.3 is 0 Å². The molecule has 7 nitrogen and oxygen atoms in total. The molecule has 0 fully saturated rings. The summed E-state index contributed by atoms with van der Waals surface area (Å²) in [5, 5.41) is 9.06. The van der Waals surface area contributed by atoms with E-state index in [1.807, 2.05) is 0 Å². The fourth-order valence-corrected chi connectivity index (χ4v) is 1.41. The zero-order chi connectivity index (χ0) is 13.5. The van der Waals surface area contributed by atoms with Crippen molar-refractivity contribution in [1.29, 1.82) is 0 Å². The number of nitrogens with zero attached hydrogens (tertiary/aromatic N) is 2. The number of aromatic amines is 1. The Hall–Kier alpha value is -2.57. The lowest BCUT2D eigenvalue weighted by atomic mass is 10.3. The van der Waals surface area contributed by atoms with Crippen LogP contribution in [0.1, 0.15) is 12.2 Å². The maximum atomic E-state index is 11.5. The predicted octanol–water partition coefficient (Wildman–Crippen LogP) is 0.472. The highest BCUT2D eigenvalue weighted by Gasteiger charge is 2.03. The third-order valence-electron chi connectivity index (χ3n) is 2.40. The number of anilines is 1. The van der Waals surface area contributed by atoms with E-state index in [0.29, 0.717) is 30.4 Å².